The van der Waals surface area contributed by atoms with Crippen LogP contribution in [0.1, 0.15) is 52.8 Å². The quantitative estimate of drug-likeness (QED) is 0.0536. The molecule has 2 aliphatic heterocycles. The van der Waals surface area contributed by atoms with Gasteiger partial charge in [-0.2, -0.15) is 0 Å². The first-order valence-corrected chi connectivity index (χ1v) is 19.4. The molecule has 4 rings (SSSR count). The van der Waals surface area contributed by atoms with E-state index in [9.17, 15) is 11.6 Å². The minimum Gasteiger partial charge on any atom is -0.0683 e. The Balaban J connectivity index is 0.000000452. The smallest absolute Gasteiger partial charge is 0.0683 e. The van der Waals surface area contributed by atoms with E-state index in [1.807, 2.05) is 52.2 Å². The number of fused-ring (bicyclic) bond motifs is 1. The maximum absolute atomic E-state index is 13.2. The average molecular weight is 890 g/mol. The summed E-state index contributed by atoms with van der Waals surface area (Å²) in [5.41, 5.74) is 3.49. The Morgan fingerprint density at radius 2 is 1.82 bits per heavy atom. The molecule has 3 N–H and O–H groups in total. The number of aliphatic imine (C=N–C) groups is 1. The van der Waals surface area contributed by atoms with Crippen LogP contribution >= 0.6 is 48.5 Å². The predicted molar refractivity (Wildman–Crippen MR) is 205 cm³/mol. The topological polar surface area (TPSA) is 118 Å². The Hall–Kier alpha value is -2.90. The van der Waals surface area contributed by atoms with Gasteiger partial charge in [-0.05, 0) is 77.2 Å². The second kappa shape index (κ2) is 22.7. The molecule has 2 aliphatic rings. The van der Waals surface area contributed by atoms with E-state index < -0.39 is 27.5 Å². The van der Waals surface area contributed by atoms with Gasteiger partial charge >= 0.3 is 56.1 Å². The molecule has 3 heterocycles. The number of allylic oxidation sites excluding steroid dienone is 6. The minimum atomic E-state index is -3.64. The third kappa shape index (κ3) is 16.6. The van der Waals surface area contributed by atoms with Gasteiger partial charge < -0.3 is 29.5 Å². The van der Waals surface area contributed by atoms with Crippen molar-refractivity contribution in [2.45, 2.75) is 47.8 Å². The fourth-order valence-corrected chi connectivity index (χ4v) is 5.38. The molecule has 0 spiro atoms. The maximum atomic E-state index is 13.2. The van der Waals surface area contributed by atoms with Crippen LogP contribution in [0.15, 0.2) is 76.4 Å². The van der Waals surface area contributed by atoms with Crippen molar-refractivity contribution >= 4 is 70.6 Å². The fraction of sp³-hybridized carbons (Fsp3) is 0.394. The molecule has 16 heteroatoms. The van der Waals surface area contributed by atoms with Gasteiger partial charge in [-0.15, -0.1) is 20.1 Å². The number of aromatic nitrogens is 1. The Bertz CT molecular complexity index is 1480. The summed E-state index contributed by atoms with van der Waals surface area (Å²) in [4.78, 5) is 11.0. The van der Waals surface area contributed by atoms with Crippen molar-refractivity contribution in [3.8, 4) is 11.5 Å². The van der Waals surface area contributed by atoms with E-state index >= 15 is 0 Å². The molecule has 0 radical (unpaired) electrons. The van der Waals surface area contributed by atoms with Gasteiger partial charge in [0.05, 0.1) is 25.5 Å². The van der Waals surface area contributed by atoms with Crippen molar-refractivity contribution in [3.63, 3.8) is 0 Å². The number of nitrogens with one attached hydrogen (secondary N) is 1. The number of halogens is 5. The molecule has 2 aromatic rings. The van der Waals surface area contributed by atoms with Crippen LogP contribution < -0.4 is 14.8 Å². The maximum Gasteiger partial charge on any atom is -0.0683 e. The molecule has 0 saturated carbocycles. The number of nitrogens with zero attached hydrogens (tertiary/aromatic N) is 3. The first-order chi connectivity index (χ1) is 23.1. The van der Waals surface area contributed by atoms with E-state index in [-0.39, 0.29) is 23.9 Å². The van der Waals surface area contributed by atoms with Crippen LogP contribution in [0, 0.1) is 0 Å². The monoisotopic (exact) mass is 888 g/mol. The first kappa shape index (κ1) is 44.1. The molecule has 1 aromatic carbocycles. The fourth-order valence-electron chi connectivity index (χ4n) is 3.74. The summed E-state index contributed by atoms with van der Waals surface area (Å²) in [7, 11) is 0. The van der Waals surface area contributed by atoms with E-state index in [0.717, 1.165) is 42.3 Å². The van der Waals surface area contributed by atoms with Gasteiger partial charge in [0.15, 0.2) is 16.6 Å². The Morgan fingerprint density at radius 3 is 2.37 bits per heavy atom. The Morgan fingerprint density at radius 1 is 1.18 bits per heavy atom. The third-order valence-electron chi connectivity index (χ3n) is 6.01. The van der Waals surface area contributed by atoms with Crippen molar-refractivity contribution in [3.05, 3.63) is 82.7 Å². The molecule has 0 amide bonds. The van der Waals surface area contributed by atoms with Gasteiger partial charge in [0.1, 0.15) is 10.4 Å². The number of amidine groups is 1. The van der Waals surface area contributed by atoms with Gasteiger partial charge in [0.2, 0.25) is 0 Å². The zero-order valence-corrected chi connectivity index (χ0v) is 33.1. The van der Waals surface area contributed by atoms with Crippen LogP contribution in [-0.2, 0) is 7.80 Å². The van der Waals surface area contributed by atoms with Gasteiger partial charge in [-0.3, -0.25) is 0 Å². The summed E-state index contributed by atoms with van der Waals surface area (Å²) in [6.45, 7) is 26.5. The number of anilines is 1. The Labute approximate surface area is 308 Å². The summed E-state index contributed by atoms with van der Waals surface area (Å²) < 4.78 is 64.7. The molecule has 274 valence electrons. The number of hydrogen-bond acceptors (Lipinski definition) is 10. The zero-order valence-electron chi connectivity index (χ0n) is 28.5. The zero-order chi connectivity index (χ0) is 37.1. The summed E-state index contributed by atoms with van der Waals surface area (Å²) in [5, 5.41) is 14.4. The molecule has 0 atom stereocenters. The molecule has 10 nitrogen and oxygen atoms in total. The van der Waals surface area contributed by atoms with Crippen LogP contribution in [-0.4, -0.2) is 70.0 Å². The van der Waals surface area contributed by atoms with E-state index in [4.69, 9.17) is 13.3 Å². The third-order valence-corrected chi connectivity index (χ3v) is 8.56. The summed E-state index contributed by atoms with van der Waals surface area (Å²) in [6, 6.07) is 4.54. The average Bonchev–Trinajstić information content (AvgIpc) is 3.67. The van der Waals surface area contributed by atoms with E-state index in [0.29, 0.717) is 34.1 Å². The number of aliphatic hydroxyl groups excluding tert-OH is 1. The number of benzene rings is 1. The SMILES string of the molecule is C/C=C(Br)\N=C(/C)N1CCOCC1.C=C(/C(C)=C/C(=C)c1csc(NCCO)n1)c1ccc2c(c1)OC(F)(F)O2.C=C(C)OI(O)F.CC. The predicted octanol–water partition coefficient (Wildman–Crippen LogP) is 9.31. The van der Waals surface area contributed by atoms with Crippen molar-refractivity contribution < 1.29 is 37.5 Å². The normalized spacial score (nSPS) is 15.3. The number of morpholine rings is 1. The molecule has 0 aliphatic carbocycles. The number of thiazole rings is 1. The molecule has 0 unspecified atom stereocenters. The second-order valence-corrected chi connectivity index (χ2v) is 12.9. The molecular formula is C33H45BrF3IN4O6S. The molecule has 1 aromatic heterocycles. The van der Waals surface area contributed by atoms with Gasteiger partial charge in [0.25, 0.3) is 0 Å². The molecule has 1 saturated heterocycles. The summed E-state index contributed by atoms with van der Waals surface area (Å²) in [5.74, 6) is 1.25. The first-order valence-electron chi connectivity index (χ1n) is 15.0. The van der Waals surface area contributed by atoms with Gasteiger partial charge in [0, 0.05) is 25.0 Å². The van der Waals surface area contributed by atoms with Gasteiger partial charge in [-0.1, -0.05) is 39.1 Å². The Kier molecular flexibility index (Phi) is 20.5. The van der Waals surface area contributed by atoms with Crippen LogP contribution in [0.4, 0.5) is 16.8 Å². The molecule has 1 fully saturated rings. The summed E-state index contributed by atoms with van der Waals surface area (Å²) >= 11 is 1.31. The van der Waals surface area contributed by atoms with Crippen molar-refractivity contribution in [1.29, 1.82) is 0 Å². The number of aliphatic hydroxyl groups is 1. The number of hydrogen-bond donors (Lipinski definition) is 3. The van der Waals surface area contributed by atoms with Crippen molar-refractivity contribution in [1.82, 2.24) is 9.88 Å². The largest absolute Gasteiger partial charge is 0.0683 e. The number of rotatable bonds is 10. The second-order valence-electron chi connectivity index (χ2n) is 9.69. The molecule has 49 heavy (non-hydrogen) atoms. The van der Waals surface area contributed by atoms with E-state index in [1.54, 1.807) is 6.07 Å². The minimum absolute atomic E-state index is 0.00651. The van der Waals surface area contributed by atoms with Crippen molar-refractivity contribution in [2.75, 3.05) is 44.8 Å². The van der Waals surface area contributed by atoms with Crippen molar-refractivity contribution in [2.24, 2.45) is 4.99 Å². The number of alkyl halides is 2. The van der Waals surface area contributed by atoms with Crippen LogP contribution in [0.3, 0.4) is 0 Å². The van der Waals surface area contributed by atoms with Gasteiger partial charge in [-0.25, -0.2) is 9.98 Å². The molecule has 0 bridgehead atoms. The van der Waals surface area contributed by atoms with E-state index in [1.165, 1.54) is 30.4 Å². The van der Waals surface area contributed by atoms with Crippen LogP contribution in [0.2, 0.25) is 0 Å². The number of ether oxygens (including phenoxy) is 3. The summed E-state index contributed by atoms with van der Waals surface area (Å²) in [6.07, 6.45) is 0.115. The van der Waals surface area contributed by atoms with Crippen LogP contribution in [0.25, 0.3) is 11.1 Å². The van der Waals surface area contributed by atoms with E-state index in [2.05, 4.69) is 68.4 Å². The standard InChI is InChI=1S/C19H18F2N2O3S.C9H15BrN2O.C3H6FIO2.C2H6/c1-11(8-12(2)15-10-27-18(23-15)22-6-7-24)13(3)14-4-5-16-17(9-14)26-19(20,21)25-16;1-3-9(10)11-8(2)12-4-6-13-7-5-12;1-3(2)7-5(4)6;1-2/h4-5,8-10,24H,2-3,6-7H2,1H3,(H,22,23);3H,4-7H2,1-2H3;6H,1H2,2H3;1-2H3/b11-8+;9-3-,11-8+;;. The van der Waals surface area contributed by atoms with Crippen LogP contribution in [0.5, 0.6) is 11.5 Å². The molecular weight excluding hydrogens is 844 g/mol.